The van der Waals surface area contributed by atoms with Crippen molar-refractivity contribution in [3.63, 3.8) is 0 Å². The third-order valence-corrected chi connectivity index (χ3v) is 3.68. The molecule has 1 N–H and O–H groups in total. The number of hydrogen-bond donors (Lipinski definition) is 1. The summed E-state index contributed by atoms with van der Waals surface area (Å²) in [6.07, 6.45) is 0.358. The van der Waals surface area contributed by atoms with Crippen LogP contribution in [0.3, 0.4) is 0 Å². The summed E-state index contributed by atoms with van der Waals surface area (Å²) in [7, 11) is 1.79. The zero-order chi connectivity index (χ0) is 16.7. The van der Waals surface area contributed by atoms with E-state index in [2.05, 4.69) is 11.4 Å². The molecule has 0 heterocycles. The number of benzene rings is 2. The van der Waals surface area contributed by atoms with Crippen LogP contribution in [-0.2, 0) is 11.3 Å². The molecule has 0 fully saturated rings. The third kappa shape index (κ3) is 5.01. The topological polar surface area (TPSA) is 56.1 Å². The lowest BCUT2D eigenvalue weighted by atomic mass is 10.2. The van der Waals surface area contributed by atoms with Gasteiger partial charge in [-0.3, -0.25) is 4.79 Å². The van der Waals surface area contributed by atoms with Gasteiger partial charge in [-0.2, -0.15) is 5.26 Å². The van der Waals surface area contributed by atoms with Crippen molar-refractivity contribution < 1.29 is 4.79 Å². The number of carbonyl (C=O) groups is 1. The molecule has 2 aromatic carbocycles. The average Bonchev–Trinajstić information content (AvgIpc) is 2.56. The maximum Gasteiger partial charge on any atom is 0.224 e. The van der Waals surface area contributed by atoms with Crippen molar-refractivity contribution in [3.8, 4) is 6.07 Å². The van der Waals surface area contributed by atoms with Crippen LogP contribution < -0.4 is 5.32 Å². The van der Waals surface area contributed by atoms with Crippen molar-refractivity contribution in [2.45, 2.75) is 13.0 Å². The Balaban J connectivity index is 1.84. The van der Waals surface area contributed by atoms with Gasteiger partial charge in [-0.25, -0.2) is 0 Å². The molecule has 0 radical (unpaired) electrons. The normalized spacial score (nSPS) is 9.96. The Kier molecular flexibility index (Phi) is 6.02. The van der Waals surface area contributed by atoms with E-state index in [9.17, 15) is 4.79 Å². The number of nitriles is 1. The second kappa shape index (κ2) is 8.21. The fraction of sp³-hybridized carbons (Fsp3) is 0.222. The monoisotopic (exact) mass is 327 g/mol. The number of carbonyl (C=O) groups excluding carboxylic acids is 1. The smallest absolute Gasteiger partial charge is 0.224 e. The average molecular weight is 328 g/mol. The van der Waals surface area contributed by atoms with Gasteiger partial charge in [0.2, 0.25) is 5.91 Å². The summed E-state index contributed by atoms with van der Waals surface area (Å²) < 4.78 is 0. The van der Waals surface area contributed by atoms with Crippen molar-refractivity contribution >= 4 is 23.2 Å². The highest BCUT2D eigenvalue weighted by molar-refractivity contribution is 6.30. The number of nitrogens with zero attached hydrogens (tertiary/aromatic N) is 2. The first kappa shape index (κ1) is 16.9. The van der Waals surface area contributed by atoms with Crippen LogP contribution in [0.15, 0.2) is 48.5 Å². The molecule has 0 aliphatic carbocycles. The highest BCUT2D eigenvalue weighted by Gasteiger charge is 2.09. The van der Waals surface area contributed by atoms with Crippen molar-refractivity contribution in [2.24, 2.45) is 0 Å². The van der Waals surface area contributed by atoms with Crippen molar-refractivity contribution in [2.75, 3.05) is 18.9 Å². The first-order valence-corrected chi connectivity index (χ1v) is 7.69. The van der Waals surface area contributed by atoms with Crippen LogP contribution in [0, 0.1) is 11.3 Å². The first-order chi connectivity index (χ1) is 11.1. The Bertz CT molecular complexity index is 710. The lowest BCUT2D eigenvalue weighted by molar-refractivity contribution is -0.130. The van der Waals surface area contributed by atoms with Crippen LogP contribution in [0.5, 0.6) is 0 Å². The molecule has 0 saturated carbocycles. The van der Waals surface area contributed by atoms with E-state index in [-0.39, 0.29) is 5.91 Å². The molecule has 0 aliphatic heterocycles. The maximum atomic E-state index is 12.1. The molecule has 23 heavy (non-hydrogen) atoms. The van der Waals surface area contributed by atoms with Gasteiger partial charge in [0.05, 0.1) is 11.3 Å². The number of anilines is 1. The number of rotatable bonds is 6. The highest BCUT2D eigenvalue weighted by atomic mass is 35.5. The molecular weight excluding hydrogens is 310 g/mol. The molecule has 5 heteroatoms. The zero-order valence-electron chi connectivity index (χ0n) is 12.9. The molecule has 4 nitrogen and oxygen atoms in total. The number of nitrogens with one attached hydrogen (secondary N) is 1. The second-order valence-corrected chi connectivity index (χ2v) is 5.65. The van der Waals surface area contributed by atoms with Gasteiger partial charge in [0.25, 0.3) is 0 Å². The van der Waals surface area contributed by atoms with Gasteiger partial charge in [0.15, 0.2) is 0 Å². The highest BCUT2D eigenvalue weighted by Crippen LogP contribution is 2.19. The number of hydrogen-bond acceptors (Lipinski definition) is 3. The fourth-order valence-corrected chi connectivity index (χ4v) is 2.38. The molecule has 0 atom stereocenters. The summed E-state index contributed by atoms with van der Waals surface area (Å²) in [5.74, 6) is 0.0498. The van der Waals surface area contributed by atoms with Crippen molar-refractivity contribution in [1.29, 1.82) is 5.26 Å². The Morgan fingerprint density at radius 3 is 2.70 bits per heavy atom. The molecular formula is C18H18ClN3O. The summed E-state index contributed by atoms with van der Waals surface area (Å²) in [6.45, 7) is 1.05. The minimum atomic E-state index is 0.0498. The van der Waals surface area contributed by atoms with Crippen molar-refractivity contribution in [1.82, 2.24) is 4.90 Å². The van der Waals surface area contributed by atoms with Crippen LogP contribution in [0.4, 0.5) is 5.69 Å². The fourth-order valence-electron chi connectivity index (χ4n) is 2.20. The van der Waals surface area contributed by atoms with Crippen LogP contribution >= 0.6 is 11.6 Å². The van der Waals surface area contributed by atoms with Crippen LogP contribution in [0.1, 0.15) is 17.5 Å². The van der Waals surface area contributed by atoms with E-state index in [1.165, 1.54) is 0 Å². The van der Waals surface area contributed by atoms with E-state index in [0.29, 0.717) is 35.8 Å². The van der Waals surface area contributed by atoms with Crippen LogP contribution in [0.2, 0.25) is 5.02 Å². The first-order valence-electron chi connectivity index (χ1n) is 7.31. The molecule has 0 unspecified atom stereocenters. The largest absolute Gasteiger partial charge is 0.383 e. The summed E-state index contributed by atoms with van der Waals surface area (Å²) in [5, 5.41) is 12.7. The number of halogens is 1. The van der Waals surface area contributed by atoms with E-state index in [0.717, 1.165) is 5.56 Å². The Morgan fingerprint density at radius 1 is 1.26 bits per heavy atom. The van der Waals surface area contributed by atoms with Crippen LogP contribution in [0.25, 0.3) is 0 Å². The molecule has 0 spiro atoms. The zero-order valence-corrected chi connectivity index (χ0v) is 13.7. The SMILES string of the molecule is CN(Cc1ccccc1)C(=O)CCNc1ccc(Cl)cc1C#N. The molecule has 2 aromatic rings. The van der Waals surface area contributed by atoms with Gasteiger partial charge in [-0.1, -0.05) is 41.9 Å². The predicted octanol–water partition coefficient (Wildman–Crippen LogP) is 3.67. The third-order valence-electron chi connectivity index (χ3n) is 3.44. The Hall–Kier alpha value is -2.51. The molecule has 0 aromatic heterocycles. The second-order valence-electron chi connectivity index (χ2n) is 5.21. The van der Waals surface area contributed by atoms with Gasteiger partial charge in [-0.15, -0.1) is 0 Å². The van der Waals surface area contributed by atoms with E-state index < -0.39 is 0 Å². The van der Waals surface area contributed by atoms with E-state index in [1.54, 1.807) is 30.1 Å². The summed E-state index contributed by atoms with van der Waals surface area (Å²) in [5.41, 5.74) is 2.26. The van der Waals surface area contributed by atoms with Gasteiger partial charge < -0.3 is 10.2 Å². The molecule has 0 aliphatic rings. The van der Waals surface area contributed by atoms with E-state index >= 15 is 0 Å². The summed E-state index contributed by atoms with van der Waals surface area (Å²) >= 11 is 5.86. The van der Waals surface area contributed by atoms with Gasteiger partial charge in [0.1, 0.15) is 6.07 Å². The standard InChI is InChI=1S/C18H18ClN3O/c1-22(13-14-5-3-2-4-6-14)18(23)9-10-21-17-8-7-16(19)11-15(17)12-20/h2-8,11,21H,9-10,13H2,1H3. The summed E-state index contributed by atoms with van der Waals surface area (Å²) in [4.78, 5) is 13.8. The van der Waals surface area contributed by atoms with Crippen LogP contribution in [-0.4, -0.2) is 24.4 Å². The quantitative estimate of drug-likeness (QED) is 0.880. The molecule has 0 saturated heterocycles. The van der Waals surface area contributed by atoms with Gasteiger partial charge in [-0.05, 0) is 23.8 Å². The lowest BCUT2D eigenvalue weighted by Crippen LogP contribution is -2.27. The van der Waals surface area contributed by atoms with Crippen molar-refractivity contribution in [3.05, 3.63) is 64.7 Å². The van der Waals surface area contributed by atoms with E-state index in [4.69, 9.17) is 16.9 Å². The van der Waals surface area contributed by atoms with E-state index in [1.807, 2.05) is 30.3 Å². The molecule has 0 bridgehead atoms. The number of amides is 1. The van der Waals surface area contributed by atoms with Gasteiger partial charge in [0, 0.05) is 31.6 Å². The predicted molar refractivity (Wildman–Crippen MR) is 92.2 cm³/mol. The Morgan fingerprint density at radius 2 is 2.00 bits per heavy atom. The Labute approximate surface area is 141 Å². The maximum absolute atomic E-state index is 12.1. The summed E-state index contributed by atoms with van der Waals surface area (Å²) in [6, 6.07) is 17.0. The molecule has 1 amide bonds. The molecule has 118 valence electrons. The minimum absolute atomic E-state index is 0.0498. The van der Waals surface area contributed by atoms with Gasteiger partial charge >= 0.3 is 0 Å². The molecule has 2 rings (SSSR count). The minimum Gasteiger partial charge on any atom is -0.383 e. The lowest BCUT2D eigenvalue weighted by Gasteiger charge is -2.17.